The van der Waals surface area contributed by atoms with Gasteiger partial charge in [-0.3, -0.25) is 4.79 Å². The van der Waals surface area contributed by atoms with E-state index >= 15 is 0 Å². The number of carboxylic acid groups (broad SMARTS) is 1. The molecule has 1 aromatic heterocycles. The number of thiophene rings is 1. The molecule has 0 aromatic carbocycles. The smallest absolute Gasteiger partial charge is 0.317 e. The standard InChI is InChI=1S/C12H17ClN2O3S/c1-2-15(8-9-5-6-10(13)19-9)12(18)14-7-3-4-11(16)17/h5-6H,2-4,7-8H2,1H3,(H,14,18)(H,16,17). The van der Waals surface area contributed by atoms with Gasteiger partial charge in [-0.05, 0) is 25.5 Å². The third-order valence-corrected chi connectivity index (χ3v) is 3.70. The van der Waals surface area contributed by atoms with Crippen LogP contribution in [0.1, 0.15) is 24.6 Å². The van der Waals surface area contributed by atoms with Crippen LogP contribution in [0.2, 0.25) is 4.34 Å². The molecule has 0 bridgehead atoms. The van der Waals surface area contributed by atoms with Crippen molar-refractivity contribution in [1.29, 1.82) is 0 Å². The fraction of sp³-hybridized carbons (Fsp3) is 0.500. The number of hydrogen-bond donors (Lipinski definition) is 2. The predicted octanol–water partition coefficient (Wildman–Crippen LogP) is 2.80. The Kier molecular flexibility index (Phi) is 6.66. The number of carboxylic acids is 1. The minimum atomic E-state index is -0.852. The molecule has 1 rings (SSSR count). The van der Waals surface area contributed by atoms with Crippen LogP contribution in [0.15, 0.2) is 12.1 Å². The van der Waals surface area contributed by atoms with Crippen molar-refractivity contribution < 1.29 is 14.7 Å². The molecule has 0 aliphatic rings. The summed E-state index contributed by atoms with van der Waals surface area (Å²) in [7, 11) is 0. The Balaban J connectivity index is 2.37. The van der Waals surface area contributed by atoms with Crippen LogP contribution in [0.25, 0.3) is 0 Å². The summed E-state index contributed by atoms with van der Waals surface area (Å²) in [4.78, 5) is 24.9. The molecule has 0 saturated carbocycles. The molecule has 2 amide bonds. The lowest BCUT2D eigenvalue weighted by Gasteiger charge is -2.20. The highest BCUT2D eigenvalue weighted by atomic mass is 35.5. The topological polar surface area (TPSA) is 69.6 Å². The van der Waals surface area contributed by atoms with Gasteiger partial charge in [-0.2, -0.15) is 0 Å². The summed E-state index contributed by atoms with van der Waals surface area (Å²) < 4.78 is 0.702. The van der Waals surface area contributed by atoms with Gasteiger partial charge in [-0.15, -0.1) is 11.3 Å². The van der Waals surface area contributed by atoms with Gasteiger partial charge in [0, 0.05) is 24.4 Å². The van der Waals surface area contributed by atoms with Crippen molar-refractivity contribution >= 4 is 34.9 Å². The molecule has 1 heterocycles. The van der Waals surface area contributed by atoms with Gasteiger partial charge < -0.3 is 15.3 Å². The highest BCUT2D eigenvalue weighted by Gasteiger charge is 2.12. The number of nitrogens with zero attached hydrogens (tertiary/aromatic N) is 1. The van der Waals surface area contributed by atoms with Gasteiger partial charge in [0.15, 0.2) is 0 Å². The van der Waals surface area contributed by atoms with Crippen LogP contribution in [0.4, 0.5) is 4.79 Å². The highest BCUT2D eigenvalue weighted by Crippen LogP contribution is 2.22. The predicted molar refractivity (Wildman–Crippen MR) is 75.7 cm³/mol. The van der Waals surface area contributed by atoms with Crippen molar-refractivity contribution in [3.05, 3.63) is 21.3 Å². The fourth-order valence-electron chi connectivity index (χ4n) is 1.50. The highest BCUT2D eigenvalue weighted by molar-refractivity contribution is 7.16. The van der Waals surface area contributed by atoms with Crippen LogP contribution >= 0.6 is 22.9 Å². The molecule has 0 saturated heterocycles. The lowest BCUT2D eigenvalue weighted by atomic mass is 10.3. The van der Waals surface area contributed by atoms with Crippen molar-refractivity contribution in [3.63, 3.8) is 0 Å². The summed E-state index contributed by atoms with van der Waals surface area (Å²) in [6.45, 7) is 3.36. The molecule has 19 heavy (non-hydrogen) atoms. The molecule has 0 atom stereocenters. The van der Waals surface area contributed by atoms with E-state index in [1.807, 2.05) is 13.0 Å². The minimum absolute atomic E-state index is 0.0624. The van der Waals surface area contributed by atoms with E-state index in [1.165, 1.54) is 11.3 Å². The second-order valence-electron chi connectivity index (χ2n) is 3.95. The lowest BCUT2D eigenvalue weighted by Crippen LogP contribution is -2.39. The molecule has 0 unspecified atom stereocenters. The van der Waals surface area contributed by atoms with E-state index < -0.39 is 5.97 Å². The third-order valence-electron chi connectivity index (χ3n) is 2.49. The van der Waals surface area contributed by atoms with Gasteiger partial charge in [0.25, 0.3) is 0 Å². The molecular formula is C12H17ClN2O3S. The average Bonchev–Trinajstić information content (AvgIpc) is 2.76. The first-order valence-corrected chi connectivity index (χ1v) is 7.21. The van der Waals surface area contributed by atoms with Crippen LogP contribution in [-0.4, -0.2) is 35.1 Å². The van der Waals surface area contributed by atoms with Crippen LogP contribution in [0, 0.1) is 0 Å². The van der Waals surface area contributed by atoms with Crippen LogP contribution in [-0.2, 0) is 11.3 Å². The number of nitrogens with one attached hydrogen (secondary N) is 1. The zero-order valence-corrected chi connectivity index (χ0v) is 12.3. The van der Waals surface area contributed by atoms with E-state index in [9.17, 15) is 9.59 Å². The maximum Gasteiger partial charge on any atom is 0.317 e. The Morgan fingerprint density at radius 3 is 2.74 bits per heavy atom. The number of aliphatic carboxylic acids is 1. The maximum atomic E-state index is 11.9. The number of carbonyl (C=O) groups is 2. The first-order valence-electron chi connectivity index (χ1n) is 6.01. The Bertz CT molecular complexity index is 436. The van der Waals surface area contributed by atoms with Crippen LogP contribution in [0.3, 0.4) is 0 Å². The van der Waals surface area contributed by atoms with E-state index in [2.05, 4.69) is 5.32 Å². The summed E-state index contributed by atoms with van der Waals surface area (Å²) in [5.74, 6) is -0.852. The summed E-state index contributed by atoms with van der Waals surface area (Å²) in [5.41, 5.74) is 0. The number of carbonyl (C=O) groups excluding carboxylic acids is 1. The maximum absolute atomic E-state index is 11.9. The molecule has 106 valence electrons. The number of urea groups is 1. The van der Waals surface area contributed by atoms with Gasteiger partial charge in [0.05, 0.1) is 10.9 Å². The summed E-state index contributed by atoms with van der Waals surface area (Å²) in [6, 6.07) is 3.52. The molecule has 1 aromatic rings. The molecule has 5 nitrogen and oxygen atoms in total. The molecular weight excluding hydrogens is 288 g/mol. The van der Waals surface area contributed by atoms with Crippen molar-refractivity contribution in [1.82, 2.24) is 10.2 Å². The quantitative estimate of drug-likeness (QED) is 0.761. The van der Waals surface area contributed by atoms with Gasteiger partial charge in [-0.1, -0.05) is 11.6 Å². The van der Waals surface area contributed by atoms with E-state index in [-0.39, 0.29) is 12.5 Å². The summed E-state index contributed by atoms with van der Waals surface area (Å²) in [5, 5.41) is 11.2. The average molecular weight is 305 g/mol. The van der Waals surface area contributed by atoms with Crippen molar-refractivity contribution in [2.24, 2.45) is 0 Å². The number of hydrogen-bond acceptors (Lipinski definition) is 3. The largest absolute Gasteiger partial charge is 0.481 e. The van der Waals surface area contributed by atoms with Gasteiger partial charge >= 0.3 is 12.0 Å². The molecule has 0 spiro atoms. The zero-order chi connectivity index (χ0) is 14.3. The first kappa shape index (κ1) is 15.8. The Labute approximate surface area is 121 Å². The van der Waals surface area contributed by atoms with E-state index in [0.29, 0.717) is 30.4 Å². The van der Waals surface area contributed by atoms with Crippen molar-refractivity contribution in [3.8, 4) is 0 Å². The molecule has 0 aliphatic carbocycles. The molecule has 2 N–H and O–H groups in total. The lowest BCUT2D eigenvalue weighted by molar-refractivity contribution is -0.137. The van der Waals surface area contributed by atoms with Gasteiger partial charge in [0.1, 0.15) is 0 Å². The molecule has 0 aliphatic heterocycles. The van der Waals surface area contributed by atoms with Gasteiger partial charge in [-0.25, -0.2) is 4.79 Å². The number of amides is 2. The van der Waals surface area contributed by atoms with Crippen molar-refractivity contribution in [2.45, 2.75) is 26.3 Å². The van der Waals surface area contributed by atoms with Crippen LogP contribution < -0.4 is 5.32 Å². The van der Waals surface area contributed by atoms with Crippen molar-refractivity contribution in [2.75, 3.05) is 13.1 Å². The number of rotatable bonds is 7. The fourth-order valence-corrected chi connectivity index (χ4v) is 2.60. The Hall–Kier alpha value is -1.27. The summed E-state index contributed by atoms with van der Waals surface area (Å²) >= 11 is 7.29. The normalized spacial score (nSPS) is 10.2. The minimum Gasteiger partial charge on any atom is -0.481 e. The zero-order valence-electron chi connectivity index (χ0n) is 10.7. The SMILES string of the molecule is CCN(Cc1ccc(Cl)s1)C(=O)NCCCC(=O)O. The first-order chi connectivity index (χ1) is 9.02. The van der Waals surface area contributed by atoms with E-state index in [0.717, 1.165) is 4.88 Å². The summed E-state index contributed by atoms with van der Waals surface area (Å²) in [6.07, 6.45) is 0.496. The molecule has 0 radical (unpaired) electrons. The van der Waals surface area contributed by atoms with E-state index in [1.54, 1.807) is 11.0 Å². The molecule has 0 fully saturated rings. The Morgan fingerprint density at radius 2 is 2.21 bits per heavy atom. The second-order valence-corrected chi connectivity index (χ2v) is 5.75. The third kappa shape index (κ3) is 5.94. The van der Waals surface area contributed by atoms with Gasteiger partial charge in [0.2, 0.25) is 0 Å². The van der Waals surface area contributed by atoms with E-state index in [4.69, 9.17) is 16.7 Å². The number of halogens is 1. The monoisotopic (exact) mass is 304 g/mol. The van der Waals surface area contributed by atoms with Crippen LogP contribution in [0.5, 0.6) is 0 Å². The Morgan fingerprint density at radius 1 is 1.47 bits per heavy atom. The molecule has 7 heteroatoms. The second kappa shape index (κ2) is 8.01.